The molecule has 0 bridgehead atoms. The number of nitrogens with two attached hydrogens (primary N) is 1. The summed E-state index contributed by atoms with van der Waals surface area (Å²) in [6.45, 7) is 0.663. The van der Waals surface area contributed by atoms with E-state index < -0.39 is 0 Å². The molecular formula is C20H18N2O3. The zero-order chi connectivity index (χ0) is 17.4. The maximum atomic E-state index is 12.9. The molecule has 2 aromatic carbocycles. The van der Waals surface area contributed by atoms with Crippen molar-refractivity contribution in [1.29, 1.82) is 0 Å². The van der Waals surface area contributed by atoms with Crippen LogP contribution in [0.5, 0.6) is 5.75 Å². The van der Waals surface area contributed by atoms with Crippen molar-refractivity contribution < 1.29 is 13.9 Å². The lowest BCUT2D eigenvalue weighted by Gasteiger charge is -2.15. The fourth-order valence-corrected chi connectivity index (χ4v) is 3.20. The van der Waals surface area contributed by atoms with Gasteiger partial charge in [-0.2, -0.15) is 0 Å². The minimum atomic E-state index is -0.140. The molecule has 2 heterocycles. The third-order valence-electron chi connectivity index (χ3n) is 4.44. The summed E-state index contributed by atoms with van der Waals surface area (Å²) in [6.07, 6.45) is 0.860. The minimum Gasteiger partial charge on any atom is -0.496 e. The van der Waals surface area contributed by atoms with Gasteiger partial charge in [-0.15, -0.1) is 0 Å². The van der Waals surface area contributed by atoms with Crippen LogP contribution in [0, 0.1) is 0 Å². The lowest BCUT2D eigenvalue weighted by atomic mass is 10.1. The van der Waals surface area contributed by atoms with E-state index in [0.29, 0.717) is 29.5 Å². The van der Waals surface area contributed by atoms with Gasteiger partial charge >= 0.3 is 0 Å². The standard InChI is InChI=1S/C20H18N2O3/c1-24-17-7-6-14(21)12-15(17)18-8-9-19(25-18)20(23)22-11-10-13-4-2-3-5-16(13)22/h2-9,12H,10-11,21H2,1H3. The molecule has 3 aromatic rings. The molecule has 5 nitrogen and oxygen atoms in total. The van der Waals surface area contributed by atoms with Gasteiger partial charge in [0.25, 0.3) is 5.91 Å². The maximum absolute atomic E-state index is 12.9. The SMILES string of the molecule is COc1ccc(N)cc1-c1ccc(C(=O)N2CCc3ccccc32)o1. The Bertz CT molecular complexity index is 946. The normalized spacial score (nSPS) is 12.9. The number of fused-ring (bicyclic) bond motifs is 1. The van der Waals surface area contributed by atoms with Crippen LogP contribution in [0.1, 0.15) is 16.1 Å². The zero-order valence-corrected chi connectivity index (χ0v) is 13.9. The molecule has 1 aliphatic rings. The molecule has 5 heteroatoms. The van der Waals surface area contributed by atoms with Crippen molar-refractivity contribution >= 4 is 17.3 Å². The lowest BCUT2D eigenvalue weighted by Crippen LogP contribution is -2.28. The number of para-hydroxylation sites is 1. The van der Waals surface area contributed by atoms with Crippen LogP contribution in [0.3, 0.4) is 0 Å². The maximum Gasteiger partial charge on any atom is 0.294 e. The average molecular weight is 334 g/mol. The predicted octanol–water partition coefficient (Wildman–Crippen LogP) is 3.74. The highest BCUT2D eigenvalue weighted by Gasteiger charge is 2.27. The highest BCUT2D eigenvalue weighted by molar-refractivity contribution is 6.05. The van der Waals surface area contributed by atoms with Crippen LogP contribution >= 0.6 is 0 Å². The quantitative estimate of drug-likeness (QED) is 0.741. The van der Waals surface area contributed by atoms with Crippen molar-refractivity contribution in [2.75, 3.05) is 24.3 Å². The monoisotopic (exact) mass is 334 g/mol. The fourth-order valence-electron chi connectivity index (χ4n) is 3.20. The number of nitrogen functional groups attached to an aromatic ring is 1. The van der Waals surface area contributed by atoms with E-state index in [2.05, 4.69) is 0 Å². The molecule has 1 amide bonds. The van der Waals surface area contributed by atoms with Gasteiger partial charge < -0.3 is 19.8 Å². The first-order valence-corrected chi connectivity index (χ1v) is 8.11. The Morgan fingerprint density at radius 2 is 2.00 bits per heavy atom. The van der Waals surface area contributed by atoms with E-state index in [-0.39, 0.29) is 5.91 Å². The Kier molecular flexibility index (Phi) is 3.69. The first-order valence-electron chi connectivity index (χ1n) is 8.11. The van der Waals surface area contributed by atoms with Gasteiger partial charge in [0.05, 0.1) is 12.7 Å². The van der Waals surface area contributed by atoms with Crippen LogP contribution in [0.25, 0.3) is 11.3 Å². The van der Waals surface area contributed by atoms with E-state index in [1.54, 1.807) is 42.3 Å². The third kappa shape index (κ3) is 2.63. The predicted molar refractivity (Wildman–Crippen MR) is 96.9 cm³/mol. The van der Waals surface area contributed by atoms with E-state index in [0.717, 1.165) is 17.7 Å². The second kappa shape index (κ2) is 6.02. The van der Waals surface area contributed by atoms with E-state index in [1.807, 2.05) is 24.3 Å². The minimum absolute atomic E-state index is 0.140. The van der Waals surface area contributed by atoms with E-state index in [9.17, 15) is 4.79 Å². The first-order chi connectivity index (χ1) is 12.2. The first kappa shape index (κ1) is 15.3. The number of furan rings is 1. The van der Waals surface area contributed by atoms with Crippen molar-refractivity contribution in [2.45, 2.75) is 6.42 Å². The number of rotatable bonds is 3. The summed E-state index contributed by atoms with van der Waals surface area (Å²) in [6, 6.07) is 16.7. The molecule has 126 valence electrons. The van der Waals surface area contributed by atoms with Gasteiger partial charge in [0.1, 0.15) is 11.5 Å². The number of ether oxygens (including phenoxy) is 1. The van der Waals surface area contributed by atoms with Gasteiger partial charge in [0, 0.05) is 17.9 Å². The van der Waals surface area contributed by atoms with E-state index in [1.165, 1.54) is 5.56 Å². The molecule has 0 radical (unpaired) electrons. The van der Waals surface area contributed by atoms with Crippen molar-refractivity contribution in [1.82, 2.24) is 0 Å². The number of nitrogens with zero attached hydrogens (tertiary/aromatic N) is 1. The van der Waals surface area contributed by atoms with Gasteiger partial charge in [-0.3, -0.25) is 4.79 Å². The Morgan fingerprint density at radius 3 is 2.84 bits per heavy atom. The van der Waals surface area contributed by atoms with Gasteiger partial charge in [-0.1, -0.05) is 18.2 Å². The summed E-state index contributed by atoms with van der Waals surface area (Å²) in [7, 11) is 1.59. The largest absolute Gasteiger partial charge is 0.496 e. The summed E-state index contributed by atoms with van der Waals surface area (Å²) in [5.41, 5.74) is 9.33. The molecule has 1 aliphatic heterocycles. The van der Waals surface area contributed by atoms with Crippen LogP contribution in [0.2, 0.25) is 0 Å². The molecule has 25 heavy (non-hydrogen) atoms. The van der Waals surface area contributed by atoms with E-state index >= 15 is 0 Å². The summed E-state index contributed by atoms with van der Waals surface area (Å²) in [5, 5.41) is 0. The molecule has 4 rings (SSSR count). The highest BCUT2D eigenvalue weighted by Crippen LogP contribution is 2.34. The van der Waals surface area contributed by atoms with Crippen LogP contribution < -0.4 is 15.4 Å². The molecule has 0 aliphatic carbocycles. The summed E-state index contributed by atoms with van der Waals surface area (Å²) >= 11 is 0. The van der Waals surface area contributed by atoms with Crippen molar-refractivity contribution in [2.24, 2.45) is 0 Å². The zero-order valence-electron chi connectivity index (χ0n) is 13.9. The number of hydrogen-bond acceptors (Lipinski definition) is 4. The molecule has 1 aromatic heterocycles. The summed E-state index contributed by atoms with van der Waals surface area (Å²) in [5.74, 6) is 1.37. The van der Waals surface area contributed by atoms with Gasteiger partial charge in [-0.05, 0) is 48.4 Å². The van der Waals surface area contributed by atoms with Gasteiger partial charge in [0.15, 0.2) is 5.76 Å². The lowest BCUT2D eigenvalue weighted by molar-refractivity contribution is 0.0963. The van der Waals surface area contributed by atoms with Crippen LogP contribution in [-0.4, -0.2) is 19.6 Å². The van der Waals surface area contributed by atoms with Crippen molar-refractivity contribution in [3.63, 3.8) is 0 Å². The Labute approximate surface area is 145 Å². The van der Waals surface area contributed by atoms with Crippen molar-refractivity contribution in [3.05, 3.63) is 65.9 Å². The molecule has 0 atom stereocenters. The van der Waals surface area contributed by atoms with Crippen LogP contribution in [-0.2, 0) is 6.42 Å². The molecule has 0 spiro atoms. The topological polar surface area (TPSA) is 68.7 Å². The molecule has 0 saturated carbocycles. The highest BCUT2D eigenvalue weighted by atomic mass is 16.5. The molecule has 2 N–H and O–H groups in total. The number of amides is 1. The average Bonchev–Trinajstić information content (AvgIpc) is 3.28. The number of carbonyl (C=O) groups is 1. The number of hydrogen-bond donors (Lipinski definition) is 1. The second-order valence-corrected chi connectivity index (χ2v) is 5.96. The van der Waals surface area contributed by atoms with Crippen LogP contribution in [0.15, 0.2) is 59.0 Å². The molecule has 0 unspecified atom stereocenters. The van der Waals surface area contributed by atoms with Crippen molar-refractivity contribution in [3.8, 4) is 17.1 Å². The number of methoxy groups -OCH3 is 1. The number of carbonyl (C=O) groups excluding carboxylic acids is 1. The summed E-state index contributed by atoms with van der Waals surface area (Å²) in [4.78, 5) is 14.6. The Morgan fingerprint density at radius 1 is 1.16 bits per heavy atom. The Hall–Kier alpha value is -3.21. The van der Waals surface area contributed by atoms with Gasteiger partial charge in [0.2, 0.25) is 0 Å². The Balaban J connectivity index is 1.66. The van der Waals surface area contributed by atoms with Gasteiger partial charge in [-0.25, -0.2) is 0 Å². The smallest absolute Gasteiger partial charge is 0.294 e. The molecule has 0 saturated heterocycles. The fraction of sp³-hybridized carbons (Fsp3) is 0.150. The molecule has 0 fully saturated rings. The summed E-state index contributed by atoms with van der Waals surface area (Å²) < 4.78 is 11.2. The van der Waals surface area contributed by atoms with E-state index in [4.69, 9.17) is 14.9 Å². The number of benzene rings is 2. The van der Waals surface area contributed by atoms with Crippen LogP contribution in [0.4, 0.5) is 11.4 Å². The molecular weight excluding hydrogens is 316 g/mol. The second-order valence-electron chi connectivity index (χ2n) is 5.96. The number of anilines is 2. The third-order valence-corrected chi connectivity index (χ3v) is 4.44.